The van der Waals surface area contributed by atoms with E-state index in [1.54, 1.807) is 17.7 Å². The lowest BCUT2D eigenvalue weighted by Crippen LogP contribution is -2.21. The molecular formula is C25H20N2O2. The first-order valence-electron chi connectivity index (χ1n) is 9.61. The number of carbonyl (C=O) groups is 1. The molecule has 0 fully saturated rings. The summed E-state index contributed by atoms with van der Waals surface area (Å²) in [5.74, 6) is -0.0235. The van der Waals surface area contributed by atoms with E-state index in [0.29, 0.717) is 11.1 Å². The normalized spacial score (nSPS) is 12.2. The second-order valence-electron chi connectivity index (χ2n) is 7.66. The van der Waals surface area contributed by atoms with E-state index in [-0.39, 0.29) is 11.3 Å². The van der Waals surface area contributed by atoms with Crippen molar-refractivity contribution in [2.45, 2.75) is 13.8 Å². The van der Waals surface area contributed by atoms with Crippen LogP contribution in [-0.4, -0.2) is 10.4 Å². The van der Waals surface area contributed by atoms with Gasteiger partial charge in [0, 0.05) is 29.8 Å². The monoisotopic (exact) mass is 380 g/mol. The van der Waals surface area contributed by atoms with Gasteiger partial charge in [0.2, 0.25) is 0 Å². The van der Waals surface area contributed by atoms with E-state index >= 15 is 0 Å². The highest BCUT2D eigenvalue weighted by atomic mass is 16.1. The molecular weight excluding hydrogens is 360 g/mol. The van der Waals surface area contributed by atoms with Crippen LogP contribution in [0.2, 0.25) is 0 Å². The van der Waals surface area contributed by atoms with Crippen LogP contribution in [0.15, 0.2) is 65.5 Å². The summed E-state index contributed by atoms with van der Waals surface area (Å²) in [6.07, 6.45) is 0. The van der Waals surface area contributed by atoms with Gasteiger partial charge in [-0.3, -0.25) is 9.59 Å². The molecule has 1 aliphatic carbocycles. The van der Waals surface area contributed by atoms with Crippen LogP contribution in [0.3, 0.4) is 0 Å². The molecule has 0 saturated heterocycles. The van der Waals surface area contributed by atoms with Gasteiger partial charge in [-0.15, -0.1) is 0 Å². The third-order valence-corrected chi connectivity index (χ3v) is 5.75. The Labute approximate surface area is 168 Å². The molecule has 0 bridgehead atoms. The number of fused-ring (bicyclic) bond motifs is 2. The molecule has 0 saturated carbocycles. The predicted octanol–water partition coefficient (Wildman–Crippen LogP) is 5.11. The van der Waals surface area contributed by atoms with E-state index in [2.05, 4.69) is 18.3 Å². The fourth-order valence-electron chi connectivity index (χ4n) is 4.26. The molecule has 3 aromatic carbocycles. The lowest BCUT2D eigenvalue weighted by atomic mass is 9.83. The highest BCUT2D eigenvalue weighted by Crippen LogP contribution is 2.42. The molecule has 1 heterocycles. The fourth-order valence-corrected chi connectivity index (χ4v) is 4.26. The minimum absolute atomic E-state index is 0.0235. The Morgan fingerprint density at radius 1 is 0.793 bits per heavy atom. The predicted molar refractivity (Wildman–Crippen MR) is 117 cm³/mol. The number of hydrogen-bond acceptors (Lipinski definition) is 3. The number of ketones is 1. The standard InChI is InChI=1S/C25H20N2O2/c1-14-8-9-19(15(2)12-14)26-20-10-11-21-23-18(13-22(28)27(21)3)16-6-4-5-7-17(16)25(29)24(20)23/h4-13,26H,1-3H3. The quantitative estimate of drug-likeness (QED) is 0.463. The van der Waals surface area contributed by atoms with Gasteiger partial charge in [0.05, 0.1) is 16.8 Å². The lowest BCUT2D eigenvalue weighted by Gasteiger charge is -2.24. The van der Waals surface area contributed by atoms with Gasteiger partial charge >= 0.3 is 0 Å². The van der Waals surface area contributed by atoms with Crippen LogP contribution in [0.1, 0.15) is 27.0 Å². The maximum atomic E-state index is 13.5. The zero-order chi connectivity index (χ0) is 20.3. The van der Waals surface area contributed by atoms with Crippen LogP contribution in [0.4, 0.5) is 11.4 Å². The number of hydrogen-bond donors (Lipinski definition) is 1. The van der Waals surface area contributed by atoms with Gasteiger partial charge < -0.3 is 9.88 Å². The Bertz CT molecular complexity index is 1400. The van der Waals surface area contributed by atoms with Gasteiger partial charge in [0.1, 0.15) is 0 Å². The van der Waals surface area contributed by atoms with E-state index in [1.807, 2.05) is 55.5 Å². The lowest BCUT2D eigenvalue weighted by molar-refractivity contribution is 0.104. The summed E-state index contributed by atoms with van der Waals surface area (Å²) in [4.78, 5) is 26.1. The van der Waals surface area contributed by atoms with Crippen molar-refractivity contribution >= 4 is 28.1 Å². The molecule has 4 heteroatoms. The molecule has 0 radical (unpaired) electrons. The van der Waals surface area contributed by atoms with Crippen LogP contribution < -0.4 is 10.9 Å². The molecule has 142 valence electrons. The first kappa shape index (κ1) is 17.4. The number of nitrogens with one attached hydrogen (secondary N) is 1. The molecule has 0 spiro atoms. The van der Waals surface area contributed by atoms with Crippen molar-refractivity contribution < 1.29 is 4.79 Å². The average Bonchev–Trinajstić information content (AvgIpc) is 2.71. The number of anilines is 2. The van der Waals surface area contributed by atoms with Crippen molar-refractivity contribution in [1.82, 2.24) is 4.57 Å². The second kappa shape index (κ2) is 6.17. The average molecular weight is 380 g/mol. The summed E-state index contributed by atoms with van der Waals surface area (Å²) < 4.78 is 1.60. The maximum absolute atomic E-state index is 13.5. The van der Waals surface area contributed by atoms with Crippen molar-refractivity contribution in [2.75, 3.05) is 5.32 Å². The largest absolute Gasteiger partial charge is 0.355 e. The molecule has 0 aliphatic heterocycles. The SMILES string of the molecule is Cc1ccc(Nc2ccc3c4c(cc(=O)n3C)-c3ccccc3C(=O)c24)c(C)c1. The van der Waals surface area contributed by atoms with Crippen molar-refractivity contribution in [3.63, 3.8) is 0 Å². The van der Waals surface area contributed by atoms with E-state index < -0.39 is 0 Å². The number of aromatic nitrogens is 1. The highest BCUT2D eigenvalue weighted by molar-refractivity contribution is 6.28. The summed E-state index contributed by atoms with van der Waals surface area (Å²) in [5, 5.41) is 4.28. The molecule has 4 nitrogen and oxygen atoms in total. The first-order chi connectivity index (χ1) is 14.0. The van der Waals surface area contributed by atoms with Gasteiger partial charge in [-0.05, 0) is 48.7 Å². The smallest absolute Gasteiger partial charge is 0.251 e. The Morgan fingerprint density at radius 3 is 2.28 bits per heavy atom. The van der Waals surface area contributed by atoms with Crippen LogP contribution in [0.25, 0.3) is 22.0 Å². The van der Waals surface area contributed by atoms with Gasteiger partial charge in [0.25, 0.3) is 5.56 Å². The van der Waals surface area contributed by atoms with E-state index in [1.165, 1.54) is 5.56 Å². The molecule has 4 aromatic rings. The molecule has 1 N–H and O–H groups in total. The number of benzene rings is 3. The minimum Gasteiger partial charge on any atom is -0.355 e. The number of rotatable bonds is 2. The second-order valence-corrected chi connectivity index (χ2v) is 7.66. The van der Waals surface area contributed by atoms with Gasteiger partial charge in [0.15, 0.2) is 5.78 Å². The minimum atomic E-state index is -0.0855. The molecule has 1 aromatic heterocycles. The number of carbonyl (C=O) groups excluding carboxylic acids is 1. The van der Waals surface area contributed by atoms with Crippen molar-refractivity contribution in [3.8, 4) is 11.1 Å². The highest BCUT2D eigenvalue weighted by Gasteiger charge is 2.29. The summed E-state index contributed by atoms with van der Waals surface area (Å²) in [7, 11) is 1.74. The topological polar surface area (TPSA) is 51.1 Å². The van der Waals surface area contributed by atoms with E-state index in [4.69, 9.17) is 0 Å². The summed E-state index contributed by atoms with van der Waals surface area (Å²) in [6.45, 7) is 4.11. The van der Waals surface area contributed by atoms with Gasteiger partial charge in [-0.25, -0.2) is 0 Å². The molecule has 29 heavy (non-hydrogen) atoms. The van der Waals surface area contributed by atoms with E-state index in [0.717, 1.165) is 39.0 Å². The van der Waals surface area contributed by atoms with Crippen LogP contribution in [0.5, 0.6) is 0 Å². The van der Waals surface area contributed by atoms with Crippen molar-refractivity contribution in [2.24, 2.45) is 7.05 Å². The Hall–Kier alpha value is -3.66. The van der Waals surface area contributed by atoms with Crippen LogP contribution in [-0.2, 0) is 7.05 Å². The summed E-state index contributed by atoms with van der Waals surface area (Å²) in [6, 6.07) is 19.1. The van der Waals surface area contributed by atoms with E-state index in [9.17, 15) is 9.59 Å². The maximum Gasteiger partial charge on any atom is 0.251 e. The first-order valence-corrected chi connectivity index (χ1v) is 9.61. The van der Waals surface area contributed by atoms with Crippen molar-refractivity contribution in [3.05, 3.63) is 93.3 Å². The van der Waals surface area contributed by atoms with Crippen LogP contribution in [0, 0.1) is 13.8 Å². The van der Waals surface area contributed by atoms with Crippen LogP contribution >= 0.6 is 0 Å². The third-order valence-electron chi connectivity index (χ3n) is 5.75. The Balaban J connectivity index is 1.84. The Morgan fingerprint density at radius 2 is 1.52 bits per heavy atom. The number of nitrogens with zero attached hydrogens (tertiary/aromatic N) is 1. The Kier molecular flexibility index (Phi) is 3.71. The van der Waals surface area contributed by atoms with Gasteiger partial charge in [-0.1, -0.05) is 42.0 Å². The zero-order valence-corrected chi connectivity index (χ0v) is 16.5. The zero-order valence-electron chi connectivity index (χ0n) is 16.5. The molecule has 0 atom stereocenters. The summed E-state index contributed by atoms with van der Waals surface area (Å²) in [5.41, 5.74) is 7.57. The molecule has 5 rings (SSSR count). The number of aryl methyl sites for hydroxylation is 3. The molecule has 1 aliphatic rings. The van der Waals surface area contributed by atoms with Gasteiger partial charge in [-0.2, -0.15) is 0 Å². The van der Waals surface area contributed by atoms with Crippen molar-refractivity contribution in [1.29, 1.82) is 0 Å². The number of pyridine rings is 1. The fraction of sp³-hybridized carbons (Fsp3) is 0.120. The third kappa shape index (κ3) is 2.53. The molecule has 0 amide bonds. The molecule has 0 unspecified atom stereocenters. The summed E-state index contributed by atoms with van der Waals surface area (Å²) >= 11 is 0.